The minimum atomic E-state index is -4.88. The van der Waals surface area contributed by atoms with Gasteiger partial charge in [0.25, 0.3) is 5.56 Å². The summed E-state index contributed by atoms with van der Waals surface area (Å²) in [6, 6.07) is 18.1. The second-order valence-corrected chi connectivity index (χ2v) is 15.1. The van der Waals surface area contributed by atoms with Gasteiger partial charge in [-0.25, -0.2) is 14.0 Å². The Kier molecular flexibility index (Phi) is 10.4. The molecule has 8 nitrogen and oxygen atoms in total. The summed E-state index contributed by atoms with van der Waals surface area (Å²) >= 11 is 6.21. The van der Waals surface area contributed by atoms with Crippen molar-refractivity contribution in [2.75, 3.05) is 13.1 Å². The normalized spacial score (nSPS) is 16.5. The lowest BCUT2D eigenvalue weighted by atomic mass is 9.74. The number of piperidine rings is 1. The number of likely N-dealkylation sites (tertiary alicyclic amines) is 1. The Labute approximate surface area is 304 Å². The Morgan fingerprint density at radius 1 is 0.923 bits per heavy atom. The van der Waals surface area contributed by atoms with Crippen molar-refractivity contribution in [1.29, 1.82) is 0 Å². The summed E-state index contributed by atoms with van der Waals surface area (Å²) in [7, 11) is 0. The van der Waals surface area contributed by atoms with E-state index >= 15 is 4.39 Å². The molecule has 1 amide bonds. The topological polar surface area (TPSA) is 85.6 Å². The van der Waals surface area contributed by atoms with Crippen molar-refractivity contribution in [3.63, 3.8) is 0 Å². The maximum atomic E-state index is 15.3. The van der Waals surface area contributed by atoms with E-state index in [0.29, 0.717) is 60.7 Å². The predicted molar refractivity (Wildman–Crippen MR) is 190 cm³/mol. The molecule has 276 valence electrons. The number of benzene rings is 3. The molecule has 0 bridgehead atoms. The maximum Gasteiger partial charge on any atom is 0.416 e. The molecule has 2 heterocycles. The number of rotatable bonds is 8. The fourth-order valence-electron chi connectivity index (χ4n) is 7.57. The monoisotopic (exact) mass is 740 g/mol. The van der Waals surface area contributed by atoms with Crippen molar-refractivity contribution < 1.29 is 27.1 Å². The molecular formula is C39H41ClF4N4O4. The molecule has 6 rings (SSSR count). The lowest BCUT2D eigenvalue weighted by Gasteiger charge is -2.40. The highest BCUT2D eigenvalue weighted by molar-refractivity contribution is 6.30. The second-order valence-electron chi connectivity index (χ2n) is 14.7. The number of hydrogen-bond donors (Lipinski definition) is 1. The molecule has 13 heteroatoms. The largest absolute Gasteiger partial charge is 0.444 e. The van der Waals surface area contributed by atoms with Gasteiger partial charge in [0.05, 0.1) is 24.7 Å². The number of nitrogens with zero attached hydrogens (tertiary/aromatic N) is 3. The molecule has 3 aromatic carbocycles. The fraction of sp³-hybridized carbons (Fsp3) is 0.410. The van der Waals surface area contributed by atoms with Gasteiger partial charge in [0.2, 0.25) is 0 Å². The van der Waals surface area contributed by atoms with Crippen LogP contribution in [0.2, 0.25) is 5.02 Å². The first-order valence-corrected chi connectivity index (χ1v) is 17.7. The quantitative estimate of drug-likeness (QED) is 0.188. The molecule has 2 aliphatic rings. The van der Waals surface area contributed by atoms with Gasteiger partial charge in [-0.2, -0.15) is 13.2 Å². The third-order valence-corrected chi connectivity index (χ3v) is 10.2. The average molecular weight is 741 g/mol. The number of amides is 1. The number of aromatic nitrogens is 2. The van der Waals surface area contributed by atoms with Gasteiger partial charge >= 0.3 is 18.0 Å². The van der Waals surface area contributed by atoms with Gasteiger partial charge in [0.15, 0.2) is 0 Å². The first kappa shape index (κ1) is 37.3. The van der Waals surface area contributed by atoms with Crippen molar-refractivity contribution in [1.82, 2.24) is 19.4 Å². The van der Waals surface area contributed by atoms with Crippen molar-refractivity contribution in [2.24, 2.45) is 0 Å². The summed E-state index contributed by atoms with van der Waals surface area (Å²) in [6.07, 6.45) is -3.75. The molecule has 0 radical (unpaired) electrons. The third-order valence-electron chi connectivity index (χ3n) is 10.0. The molecule has 1 saturated heterocycles. The van der Waals surface area contributed by atoms with Crippen LogP contribution in [0.25, 0.3) is 0 Å². The van der Waals surface area contributed by atoms with E-state index in [2.05, 4.69) is 10.2 Å². The molecular weight excluding hydrogens is 700 g/mol. The van der Waals surface area contributed by atoms with E-state index in [0.717, 1.165) is 32.9 Å². The highest BCUT2D eigenvalue weighted by Gasteiger charge is 2.46. The number of alkyl halides is 3. The number of nitrogens with one attached hydrogen (secondary N) is 1. The van der Waals surface area contributed by atoms with Crippen molar-refractivity contribution >= 4 is 17.7 Å². The molecule has 1 fully saturated rings. The number of hydrogen-bond acceptors (Lipinski definition) is 5. The van der Waals surface area contributed by atoms with E-state index in [1.54, 1.807) is 57.2 Å². The summed E-state index contributed by atoms with van der Waals surface area (Å²) in [6.45, 7) is 5.94. The Bertz CT molecular complexity index is 2070. The van der Waals surface area contributed by atoms with E-state index in [-0.39, 0.29) is 13.0 Å². The minimum Gasteiger partial charge on any atom is -0.444 e. The van der Waals surface area contributed by atoms with E-state index < -0.39 is 64.1 Å². The average Bonchev–Trinajstić information content (AvgIpc) is 3.43. The molecule has 1 aromatic heterocycles. The predicted octanol–water partition coefficient (Wildman–Crippen LogP) is 7.62. The van der Waals surface area contributed by atoms with Crippen LogP contribution < -0.4 is 16.6 Å². The summed E-state index contributed by atoms with van der Waals surface area (Å²) in [4.78, 5) is 44.4. The Balaban J connectivity index is 1.45. The number of ether oxygens (including phenoxy) is 1. The molecule has 1 spiro atoms. The van der Waals surface area contributed by atoms with E-state index in [9.17, 15) is 27.6 Å². The molecule has 1 N–H and O–H groups in total. The zero-order valence-electron chi connectivity index (χ0n) is 29.2. The first-order valence-electron chi connectivity index (χ1n) is 17.3. The van der Waals surface area contributed by atoms with Gasteiger partial charge < -0.3 is 10.1 Å². The lowest BCUT2D eigenvalue weighted by Crippen LogP contribution is -2.50. The van der Waals surface area contributed by atoms with Crippen LogP contribution in [0, 0.1) is 5.82 Å². The van der Waals surface area contributed by atoms with Crippen LogP contribution in [0.5, 0.6) is 0 Å². The first-order chi connectivity index (χ1) is 24.5. The van der Waals surface area contributed by atoms with Crippen LogP contribution in [0.3, 0.4) is 0 Å². The smallest absolute Gasteiger partial charge is 0.416 e. The summed E-state index contributed by atoms with van der Waals surface area (Å²) in [5.74, 6) is -1.11. The highest BCUT2D eigenvalue weighted by Crippen LogP contribution is 2.45. The molecule has 0 saturated carbocycles. The minimum absolute atomic E-state index is 0.267. The Morgan fingerprint density at radius 3 is 2.27 bits per heavy atom. The van der Waals surface area contributed by atoms with Gasteiger partial charge in [-0.1, -0.05) is 60.1 Å². The Hall–Kier alpha value is -4.42. The lowest BCUT2D eigenvalue weighted by molar-refractivity contribution is -0.138. The molecule has 4 aromatic rings. The SMILES string of the molecule is CC(C)(C)OC(=O)NC(Cn1c(=O)c2c(n(Cc3c(F)cccc3C(F)(F)F)c1=O)CCC21CCN(Cc2cccc(Cl)c2)CC1)c1ccccc1. The zero-order valence-corrected chi connectivity index (χ0v) is 30.0. The van der Waals surface area contributed by atoms with Crippen LogP contribution in [-0.4, -0.2) is 38.8 Å². The van der Waals surface area contributed by atoms with Gasteiger partial charge in [0, 0.05) is 33.8 Å². The van der Waals surface area contributed by atoms with Crippen LogP contribution in [-0.2, 0) is 42.4 Å². The molecule has 1 aliphatic carbocycles. The summed E-state index contributed by atoms with van der Waals surface area (Å²) in [5, 5.41) is 3.41. The van der Waals surface area contributed by atoms with Crippen LogP contribution in [0.4, 0.5) is 22.4 Å². The van der Waals surface area contributed by atoms with E-state index in [1.165, 1.54) is 0 Å². The number of carbonyl (C=O) groups is 1. The molecule has 1 atom stereocenters. The Morgan fingerprint density at radius 2 is 1.62 bits per heavy atom. The van der Waals surface area contributed by atoms with E-state index in [1.807, 2.05) is 18.2 Å². The molecule has 1 unspecified atom stereocenters. The third kappa shape index (κ3) is 7.97. The van der Waals surface area contributed by atoms with Crippen LogP contribution in [0.15, 0.2) is 82.4 Å². The number of halogens is 5. The van der Waals surface area contributed by atoms with E-state index in [4.69, 9.17) is 16.3 Å². The number of fused-ring (bicyclic) bond motifs is 2. The van der Waals surface area contributed by atoms with Gasteiger partial charge in [-0.15, -0.1) is 0 Å². The molecule has 1 aliphatic heterocycles. The van der Waals surface area contributed by atoms with Gasteiger partial charge in [0.1, 0.15) is 11.4 Å². The fourth-order valence-corrected chi connectivity index (χ4v) is 7.78. The van der Waals surface area contributed by atoms with Crippen molar-refractivity contribution in [3.8, 4) is 0 Å². The molecule has 52 heavy (non-hydrogen) atoms. The standard InChI is InChI=1S/C39H41ClF4N4O4/c1-37(2,3)52-35(50)45-31(26-10-5-4-6-11-26)24-48-34(49)33-32(47(36(48)51)23-28-29(39(42,43)44)13-8-14-30(28)41)15-16-38(33)17-19-46(20-18-38)22-25-9-7-12-27(40)21-25/h4-14,21,31H,15-20,22-24H2,1-3H3,(H,45,50). The van der Waals surface area contributed by atoms with Crippen molar-refractivity contribution in [2.45, 2.75) is 89.3 Å². The number of alkyl carbamates (subject to hydrolysis) is 1. The zero-order chi connectivity index (χ0) is 37.4. The van der Waals surface area contributed by atoms with Gasteiger partial charge in [-0.3, -0.25) is 18.8 Å². The summed E-state index contributed by atoms with van der Waals surface area (Å²) in [5.41, 5.74) is -2.52. The van der Waals surface area contributed by atoms with Crippen molar-refractivity contribution in [3.05, 3.63) is 138 Å². The summed E-state index contributed by atoms with van der Waals surface area (Å²) < 4.78 is 65.4. The second kappa shape index (κ2) is 14.5. The van der Waals surface area contributed by atoms with Gasteiger partial charge in [-0.05, 0) is 94.9 Å². The maximum absolute atomic E-state index is 15.3. The van der Waals surface area contributed by atoms with Crippen LogP contribution in [0.1, 0.15) is 79.6 Å². The number of carbonyl (C=O) groups excluding carboxylic acids is 1. The van der Waals surface area contributed by atoms with Crippen LogP contribution >= 0.6 is 11.6 Å². The highest BCUT2D eigenvalue weighted by atomic mass is 35.5.